The number of carbonyl (C=O) groups is 1. The van der Waals surface area contributed by atoms with Crippen molar-refractivity contribution in [3.8, 4) is 0 Å². The Bertz CT molecular complexity index is 1330. The maximum Gasteiger partial charge on any atom is 0.239 e. The molecule has 0 N–H and O–H groups in total. The van der Waals surface area contributed by atoms with E-state index in [1.54, 1.807) is 23.1 Å². The van der Waals surface area contributed by atoms with Gasteiger partial charge >= 0.3 is 0 Å². The zero-order chi connectivity index (χ0) is 26.0. The molecule has 3 aromatic carbocycles. The largest absolute Gasteiger partial charge is 0.380 e. The van der Waals surface area contributed by atoms with Crippen LogP contribution in [0.5, 0.6) is 0 Å². The van der Waals surface area contributed by atoms with Crippen LogP contribution in [0.2, 0.25) is 0 Å². The van der Waals surface area contributed by atoms with Gasteiger partial charge in [0.05, 0.1) is 12.0 Å². The first-order valence-corrected chi connectivity index (χ1v) is 13.0. The molecule has 0 aromatic heterocycles. The quantitative estimate of drug-likeness (QED) is 0.359. The van der Waals surface area contributed by atoms with E-state index in [1.165, 1.54) is 5.56 Å². The zero-order valence-electron chi connectivity index (χ0n) is 21.7. The molecule has 2 aliphatic heterocycles. The van der Waals surface area contributed by atoms with Crippen LogP contribution in [0, 0.1) is 5.82 Å². The fourth-order valence-electron chi connectivity index (χ4n) is 5.61. The number of benzene rings is 3. The summed E-state index contributed by atoms with van der Waals surface area (Å²) in [6.45, 7) is 9.36. The Morgan fingerprint density at radius 3 is 2.57 bits per heavy atom. The highest BCUT2D eigenvalue weighted by Gasteiger charge is 2.54. The van der Waals surface area contributed by atoms with Gasteiger partial charge in [0.1, 0.15) is 5.82 Å². The fraction of sp³-hybridized carbons (Fsp3) is 0.281. The molecule has 1 fully saturated rings. The summed E-state index contributed by atoms with van der Waals surface area (Å²) in [5.74, 6) is -0.239. The molecule has 0 radical (unpaired) electrons. The number of hydrogen-bond donors (Lipinski definition) is 0. The average Bonchev–Trinajstić information content (AvgIpc) is 3.44. The number of carbonyl (C=O) groups excluding carboxylic acids is 1. The van der Waals surface area contributed by atoms with Gasteiger partial charge in [-0.3, -0.25) is 9.69 Å². The van der Waals surface area contributed by atoms with E-state index in [9.17, 15) is 4.79 Å². The first kappa shape index (κ1) is 25.0. The third kappa shape index (κ3) is 4.72. The molecule has 1 saturated heterocycles. The van der Waals surface area contributed by atoms with Gasteiger partial charge in [0.25, 0.3) is 0 Å². The van der Waals surface area contributed by atoms with Crippen molar-refractivity contribution in [1.82, 2.24) is 9.80 Å². The van der Waals surface area contributed by atoms with Crippen molar-refractivity contribution in [1.29, 1.82) is 0 Å². The minimum atomic E-state index is -0.578. The fourth-order valence-corrected chi connectivity index (χ4v) is 5.61. The SMILES string of the molecule is C=C/C(=C\N(C)CC)c1ccc(CN2C(=O)C3(CCN(Cc4ccccc4)C3)c3ccccc32)c(F)c1. The van der Waals surface area contributed by atoms with Gasteiger partial charge in [0, 0.05) is 44.1 Å². The van der Waals surface area contributed by atoms with E-state index in [4.69, 9.17) is 0 Å². The summed E-state index contributed by atoms with van der Waals surface area (Å²) in [5, 5.41) is 0. The first-order chi connectivity index (χ1) is 17.9. The Morgan fingerprint density at radius 2 is 1.84 bits per heavy atom. The lowest BCUT2D eigenvalue weighted by molar-refractivity contribution is -0.123. The number of rotatable bonds is 8. The number of halogens is 1. The molecular formula is C32H34FN3O. The Morgan fingerprint density at radius 1 is 1.08 bits per heavy atom. The minimum absolute atomic E-state index is 0.0731. The summed E-state index contributed by atoms with van der Waals surface area (Å²) in [5.41, 5.74) is 4.77. The van der Waals surface area contributed by atoms with Gasteiger partial charge in [-0.05, 0) is 54.3 Å². The predicted molar refractivity (Wildman–Crippen MR) is 149 cm³/mol. The first-order valence-electron chi connectivity index (χ1n) is 13.0. The molecule has 2 aliphatic rings. The van der Waals surface area contributed by atoms with Crippen molar-refractivity contribution >= 4 is 17.2 Å². The van der Waals surface area contributed by atoms with Crippen LogP contribution in [0.1, 0.15) is 35.6 Å². The van der Waals surface area contributed by atoms with Crippen molar-refractivity contribution < 1.29 is 9.18 Å². The van der Waals surface area contributed by atoms with Crippen molar-refractivity contribution in [2.24, 2.45) is 0 Å². The number of para-hydroxylation sites is 1. The molecule has 5 heteroatoms. The average molecular weight is 496 g/mol. The number of amides is 1. The molecule has 0 bridgehead atoms. The summed E-state index contributed by atoms with van der Waals surface area (Å²) in [4.78, 5) is 20.2. The topological polar surface area (TPSA) is 26.8 Å². The van der Waals surface area contributed by atoms with Gasteiger partial charge in [-0.2, -0.15) is 0 Å². The normalized spacial score (nSPS) is 19.5. The second kappa shape index (κ2) is 10.3. The molecule has 1 amide bonds. The van der Waals surface area contributed by atoms with E-state index in [0.717, 1.165) is 48.4 Å². The van der Waals surface area contributed by atoms with Gasteiger partial charge in [-0.15, -0.1) is 0 Å². The summed E-state index contributed by atoms with van der Waals surface area (Å²) in [7, 11) is 1.98. The molecule has 37 heavy (non-hydrogen) atoms. The molecule has 2 heterocycles. The molecular weight excluding hydrogens is 461 g/mol. The Balaban J connectivity index is 1.40. The number of hydrogen-bond acceptors (Lipinski definition) is 3. The lowest BCUT2D eigenvalue weighted by atomic mass is 9.81. The van der Waals surface area contributed by atoms with Crippen molar-refractivity contribution in [3.05, 3.63) is 120 Å². The van der Waals surface area contributed by atoms with Gasteiger partial charge in [-0.1, -0.05) is 73.3 Å². The van der Waals surface area contributed by atoms with E-state index >= 15 is 4.39 Å². The zero-order valence-corrected chi connectivity index (χ0v) is 21.7. The smallest absolute Gasteiger partial charge is 0.239 e. The lowest BCUT2D eigenvalue weighted by Crippen LogP contribution is -2.42. The van der Waals surface area contributed by atoms with E-state index in [1.807, 2.05) is 48.5 Å². The maximum atomic E-state index is 15.4. The number of anilines is 1. The molecule has 3 aromatic rings. The van der Waals surface area contributed by atoms with Gasteiger partial charge < -0.3 is 9.80 Å². The van der Waals surface area contributed by atoms with Gasteiger partial charge in [0.15, 0.2) is 0 Å². The highest BCUT2D eigenvalue weighted by molar-refractivity contribution is 6.08. The number of nitrogens with zero attached hydrogens (tertiary/aromatic N) is 3. The number of allylic oxidation sites excluding steroid dienone is 2. The molecule has 4 nitrogen and oxygen atoms in total. The van der Waals surface area contributed by atoms with Crippen LogP contribution in [0.15, 0.2) is 91.7 Å². The van der Waals surface area contributed by atoms with Gasteiger partial charge in [0.2, 0.25) is 5.91 Å². The number of fused-ring (bicyclic) bond motifs is 2. The molecule has 1 unspecified atom stereocenters. The van der Waals surface area contributed by atoms with E-state index in [-0.39, 0.29) is 18.3 Å². The van der Waals surface area contributed by atoms with Crippen molar-refractivity contribution in [3.63, 3.8) is 0 Å². The number of likely N-dealkylation sites (tertiary alicyclic amines) is 1. The van der Waals surface area contributed by atoms with Crippen molar-refractivity contribution in [2.45, 2.75) is 31.8 Å². The van der Waals surface area contributed by atoms with E-state index in [0.29, 0.717) is 12.1 Å². The van der Waals surface area contributed by atoms with E-state index in [2.05, 4.69) is 48.7 Å². The van der Waals surface area contributed by atoms with Gasteiger partial charge in [-0.25, -0.2) is 4.39 Å². The molecule has 1 spiro atoms. The van der Waals surface area contributed by atoms with Crippen LogP contribution >= 0.6 is 0 Å². The standard InChI is InChI=1S/C32H34FN3O/c1-4-25(21-34(3)5-2)26-15-16-27(29(33)19-26)22-36-30-14-10-9-13-28(30)32(31(36)37)17-18-35(23-32)20-24-11-7-6-8-12-24/h4,6-16,19,21H,1,5,17-18,20,22-23H2,2-3H3/b25-21+. The highest BCUT2D eigenvalue weighted by atomic mass is 19.1. The maximum absolute atomic E-state index is 15.4. The molecule has 0 saturated carbocycles. The molecule has 5 rings (SSSR count). The lowest BCUT2D eigenvalue weighted by Gasteiger charge is -2.25. The molecule has 0 aliphatic carbocycles. The Kier molecular flexibility index (Phi) is 6.98. The third-order valence-corrected chi connectivity index (χ3v) is 7.76. The second-order valence-corrected chi connectivity index (χ2v) is 10.1. The summed E-state index contributed by atoms with van der Waals surface area (Å²) in [6, 6.07) is 23.7. The highest BCUT2D eigenvalue weighted by Crippen LogP contribution is 2.48. The Hall–Kier alpha value is -3.70. The summed E-state index contributed by atoms with van der Waals surface area (Å²) in [6.07, 6.45) is 4.48. The van der Waals surface area contributed by atoms with Crippen LogP contribution in [-0.4, -0.2) is 42.4 Å². The molecule has 190 valence electrons. The summed E-state index contributed by atoms with van der Waals surface area (Å²) < 4.78 is 15.4. The van der Waals surface area contributed by atoms with Crippen LogP contribution < -0.4 is 4.90 Å². The monoisotopic (exact) mass is 495 g/mol. The van der Waals surface area contributed by atoms with Crippen molar-refractivity contribution in [2.75, 3.05) is 31.6 Å². The minimum Gasteiger partial charge on any atom is -0.380 e. The molecule has 1 atom stereocenters. The second-order valence-electron chi connectivity index (χ2n) is 10.1. The van der Waals surface area contributed by atoms with Crippen LogP contribution in [-0.2, 0) is 23.3 Å². The predicted octanol–water partition coefficient (Wildman–Crippen LogP) is 5.99. The Labute approximate surface area is 219 Å². The van der Waals surface area contributed by atoms with E-state index < -0.39 is 5.41 Å². The van der Waals surface area contributed by atoms with Crippen LogP contribution in [0.25, 0.3) is 5.57 Å². The van der Waals surface area contributed by atoms with Crippen LogP contribution in [0.3, 0.4) is 0 Å². The van der Waals surface area contributed by atoms with Crippen LogP contribution in [0.4, 0.5) is 10.1 Å². The summed E-state index contributed by atoms with van der Waals surface area (Å²) >= 11 is 0. The third-order valence-electron chi connectivity index (χ3n) is 7.76.